The summed E-state index contributed by atoms with van der Waals surface area (Å²) in [6, 6.07) is 18.0. The van der Waals surface area contributed by atoms with Gasteiger partial charge in [-0.3, -0.25) is 4.79 Å². The van der Waals surface area contributed by atoms with E-state index in [9.17, 15) is 4.79 Å². The van der Waals surface area contributed by atoms with Gasteiger partial charge in [-0.1, -0.05) is 54.2 Å². The summed E-state index contributed by atoms with van der Waals surface area (Å²) in [6.45, 7) is 2.61. The third-order valence-electron chi connectivity index (χ3n) is 2.88. The highest BCUT2D eigenvalue weighted by atomic mass is 32.2. The van der Waals surface area contributed by atoms with E-state index < -0.39 is 0 Å². The Balaban J connectivity index is 1.80. The van der Waals surface area contributed by atoms with Crippen molar-refractivity contribution in [1.82, 2.24) is 5.32 Å². The number of carbonyl (C=O) groups is 1. The lowest BCUT2D eigenvalue weighted by Gasteiger charge is -2.05. The first-order valence-electron chi connectivity index (χ1n) is 6.46. The lowest BCUT2D eigenvalue weighted by Crippen LogP contribution is -2.20. The highest BCUT2D eigenvalue weighted by Gasteiger charge is 1.99. The van der Waals surface area contributed by atoms with Crippen LogP contribution in [-0.2, 0) is 11.3 Å². The molecule has 3 heteroatoms. The van der Waals surface area contributed by atoms with Crippen LogP contribution in [0.4, 0.5) is 0 Å². The second-order valence-corrected chi connectivity index (χ2v) is 5.36. The van der Waals surface area contributed by atoms with Crippen molar-refractivity contribution in [3.05, 3.63) is 77.2 Å². The van der Waals surface area contributed by atoms with Crippen molar-refractivity contribution < 1.29 is 4.79 Å². The predicted octanol–water partition coefficient (Wildman–Crippen LogP) is 3.92. The number of thioether (sulfide) groups is 1. The lowest BCUT2D eigenvalue weighted by atomic mass is 10.1. The molecule has 102 valence electrons. The molecule has 0 heterocycles. The van der Waals surface area contributed by atoms with E-state index in [1.165, 1.54) is 17.3 Å². The smallest absolute Gasteiger partial charge is 0.244 e. The van der Waals surface area contributed by atoms with Crippen molar-refractivity contribution in [3.63, 3.8) is 0 Å². The van der Waals surface area contributed by atoms with Crippen LogP contribution in [0.25, 0.3) is 0 Å². The third kappa shape index (κ3) is 4.59. The molecular weight excluding hydrogens is 266 g/mol. The third-order valence-corrected chi connectivity index (χ3v) is 3.70. The second kappa shape index (κ2) is 7.56. The molecule has 20 heavy (non-hydrogen) atoms. The standard InChI is InChI=1S/C17H17NOS/c1-14-7-5-6-8-15(14)13-18-17(19)11-12-20-16-9-3-2-4-10-16/h2-12H,13H2,1H3,(H,18,19)/b12-11+. The van der Waals surface area contributed by atoms with Crippen LogP contribution in [0.2, 0.25) is 0 Å². The highest BCUT2D eigenvalue weighted by molar-refractivity contribution is 8.02. The monoisotopic (exact) mass is 283 g/mol. The van der Waals surface area contributed by atoms with E-state index in [0.29, 0.717) is 6.54 Å². The summed E-state index contributed by atoms with van der Waals surface area (Å²) in [5.74, 6) is -0.0725. The van der Waals surface area contributed by atoms with Crippen LogP contribution < -0.4 is 5.32 Å². The van der Waals surface area contributed by atoms with Crippen LogP contribution in [0.1, 0.15) is 11.1 Å². The molecule has 0 atom stereocenters. The molecule has 0 aliphatic rings. The molecule has 0 unspecified atom stereocenters. The van der Waals surface area contributed by atoms with Gasteiger partial charge in [0.15, 0.2) is 0 Å². The number of benzene rings is 2. The number of hydrogen-bond donors (Lipinski definition) is 1. The summed E-state index contributed by atoms with van der Waals surface area (Å²) in [5, 5.41) is 4.70. The first-order valence-corrected chi connectivity index (χ1v) is 7.34. The summed E-state index contributed by atoms with van der Waals surface area (Å²) in [6.07, 6.45) is 1.57. The van der Waals surface area contributed by atoms with Crippen molar-refractivity contribution >= 4 is 17.7 Å². The molecule has 2 aromatic rings. The number of rotatable bonds is 5. The maximum absolute atomic E-state index is 11.7. The average Bonchev–Trinajstić information content (AvgIpc) is 2.47. The fourth-order valence-electron chi connectivity index (χ4n) is 1.72. The van der Waals surface area contributed by atoms with Gasteiger partial charge in [0, 0.05) is 17.5 Å². The molecule has 0 saturated carbocycles. The maximum Gasteiger partial charge on any atom is 0.244 e. The van der Waals surface area contributed by atoms with Gasteiger partial charge in [-0.25, -0.2) is 0 Å². The topological polar surface area (TPSA) is 29.1 Å². The Bertz CT molecular complexity index is 593. The summed E-state index contributed by atoms with van der Waals surface area (Å²) < 4.78 is 0. The summed E-state index contributed by atoms with van der Waals surface area (Å²) in [4.78, 5) is 12.8. The molecule has 2 nitrogen and oxygen atoms in total. The summed E-state index contributed by atoms with van der Waals surface area (Å²) in [7, 11) is 0. The number of aryl methyl sites for hydroxylation is 1. The Labute approximate surface area is 123 Å². The van der Waals surface area contributed by atoms with Crippen LogP contribution in [0.15, 0.2) is 71.0 Å². The van der Waals surface area contributed by atoms with Crippen molar-refractivity contribution in [2.45, 2.75) is 18.4 Å². The lowest BCUT2D eigenvalue weighted by molar-refractivity contribution is -0.116. The maximum atomic E-state index is 11.7. The van der Waals surface area contributed by atoms with Crippen molar-refractivity contribution in [3.8, 4) is 0 Å². The summed E-state index contributed by atoms with van der Waals surface area (Å²) >= 11 is 1.53. The predicted molar refractivity (Wildman–Crippen MR) is 84.5 cm³/mol. The molecule has 2 rings (SSSR count). The Kier molecular flexibility index (Phi) is 5.44. The van der Waals surface area contributed by atoms with Crippen molar-refractivity contribution in [2.75, 3.05) is 0 Å². The zero-order valence-corrected chi connectivity index (χ0v) is 12.2. The molecular formula is C17H17NOS. The van der Waals surface area contributed by atoms with Crippen LogP contribution in [0, 0.1) is 6.92 Å². The number of carbonyl (C=O) groups excluding carboxylic acids is 1. The van der Waals surface area contributed by atoms with Gasteiger partial charge in [0.25, 0.3) is 0 Å². The van der Waals surface area contributed by atoms with E-state index in [-0.39, 0.29) is 5.91 Å². The van der Waals surface area contributed by atoms with E-state index in [0.717, 1.165) is 10.5 Å². The second-order valence-electron chi connectivity index (χ2n) is 4.38. The zero-order chi connectivity index (χ0) is 14.2. The van der Waals surface area contributed by atoms with Gasteiger partial charge in [0.2, 0.25) is 5.91 Å². The molecule has 0 radical (unpaired) electrons. The zero-order valence-electron chi connectivity index (χ0n) is 11.4. The molecule has 0 fully saturated rings. The Morgan fingerprint density at radius 2 is 1.80 bits per heavy atom. The van der Waals surface area contributed by atoms with E-state index in [2.05, 4.69) is 5.32 Å². The van der Waals surface area contributed by atoms with Gasteiger partial charge in [-0.05, 0) is 35.6 Å². The molecule has 2 aromatic carbocycles. The summed E-state index contributed by atoms with van der Waals surface area (Å²) in [5.41, 5.74) is 2.33. The average molecular weight is 283 g/mol. The fraction of sp³-hybridized carbons (Fsp3) is 0.118. The van der Waals surface area contributed by atoms with Crippen LogP contribution in [0.5, 0.6) is 0 Å². The van der Waals surface area contributed by atoms with Gasteiger partial charge >= 0.3 is 0 Å². The Morgan fingerprint density at radius 3 is 2.55 bits per heavy atom. The van der Waals surface area contributed by atoms with E-state index in [1.807, 2.05) is 66.9 Å². The molecule has 1 N–H and O–H groups in total. The highest BCUT2D eigenvalue weighted by Crippen LogP contribution is 2.17. The van der Waals surface area contributed by atoms with Gasteiger partial charge in [-0.2, -0.15) is 0 Å². The normalized spacial score (nSPS) is 10.7. The number of amides is 1. The van der Waals surface area contributed by atoms with Gasteiger partial charge in [0.1, 0.15) is 0 Å². The van der Waals surface area contributed by atoms with E-state index >= 15 is 0 Å². The van der Waals surface area contributed by atoms with Crippen molar-refractivity contribution in [2.24, 2.45) is 0 Å². The minimum absolute atomic E-state index is 0.0725. The van der Waals surface area contributed by atoms with Gasteiger partial charge in [-0.15, -0.1) is 0 Å². The molecule has 0 aromatic heterocycles. The van der Waals surface area contributed by atoms with Crippen LogP contribution >= 0.6 is 11.8 Å². The quantitative estimate of drug-likeness (QED) is 0.665. The number of nitrogens with one attached hydrogen (secondary N) is 1. The van der Waals surface area contributed by atoms with Crippen molar-refractivity contribution in [1.29, 1.82) is 0 Å². The van der Waals surface area contributed by atoms with E-state index in [4.69, 9.17) is 0 Å². The molecule has 0 spiro atoms. The Hall–Kier alpha value is -2.00. The Morgan fingerprint density at radius 1 is 1.10 bits per heavy atom. The van der Waals surface area contributed by atoms with Gasteiger partial charge in [0.05, 0.1) is 0 Å². The first kappa shape index (κ1) is 14.4. The molecule has 0 saturated heterocycles. The largest absolute Gasteiger partial charge is 0.348 e. The molecule has 0 aliphatic carbocycles. The minimum Gasteiger partial charge on any atom is -0.348 e. The minimum atomic E-state index is -0.0725. The first-order chi connectivity index (χ1) is 9.75. The SMILES string of the molecule is Cc1ccccc1CNC(=O)/C=C/Sc1ccccc1. The fourth-order valence-corrected chi connectivity index (χ4v) is 2.39. The molecule has 0 aliphatic heterocycles. The van der Waals surface area contributed by atoms with Gasteiger partial charge < -0.3 is 5.32 Å². The number of hydrogen-bond acceptors (Lipinski definition) is 2. The van der Waals surface area contributed by atoms with E-state index in [1.54, 1.807) is 6.08 Å². The molecule has 1 amide bonds. The van der Waals surface area contributed by atoms with Crippen LogP contribution in [-0.4, -0.2) is 5.91 Å². The van der Waals surface area contributed by atoms with Crippen LogP contribution in [0.3, 0.4) is 0 Å². The molecule has 0 bridgehead atoms.